The van der Waals surface area contributed by atoms with Gasteiger partial charge in [0, 0.05) is 87.8 Å². The van der Waals surface area contributed by atoms with E-state index in [1.165, 1.54) is 0 Å². The van der Waals surface area contributed by atoms with Crippen LogP contribution < -0.4 is 0 Å². The summed E-state index contributed by atoms with van der Waals surface area (Å²) >= 11 is 0. The van der Waals surface area contributed by atoms with Gasteiger partial charge in [0.05, 0.1) is 0 Å². The molecule has 19 valence electrons. The molecule has 0 bridgehead atoms. The summed E-state index contributed by atoms with van der Waals surface area (Å²) in [5.74, 6) is 0. The molecule has 5 radical (unpaired) electrons. The van der Waals surface area contributed by atoms with Gasteiger partial charge in [-0.3, -0.25) is 0 Å². The van der Waals surface area contributed by atoms with Gasteiger partial charge in [0.1, 0.15) is 0 Å². The van der Waals surface area contributed by atoms with Crippen molar-refractivity contribution in [1.29, 1.82) is 0 Å². The van der Waals surface area contributed by atoms with Crippen LogP contribution in [0.15, 0.2) is 0 Å². The molecule has 0 heterocycles. The Kier molecular flexibility index (Phi) is 122. The first-order valence-corrected chi connectivity index (χ1v) is 0. The van der Waals surface area contributed by atoms with Gasteiger partial charge in [0.15, 0.2) is 0 Å². The van der Waals surface area contributed by atoms with Gasteiger partial charge in [-0.25, -0.2) is 0 Å². The molecular weight excluding hydrogens is 360 g/mol. The van der Waals surface area contributed by atoms with Crippen molar-refractivity contribution in [2.24, 2.45) is 0 Å². The van der Waals surface area contributed by atoms with E-state index in [0.717, 1.165) is 0 Å². The van der Waals surface area contributed by atoms with Gasteiger partial charge < -0.3 is 0 Å². The average molecular weight is 360 g/mol. The summed E-state index contributed by atoms with van der Waals surface area (Å²) in [7, 11) is 0. The minimum Gasteiger partial charge on any atom is 0 e. The summed E-state index contributed by atoms with van der Waals surface area (Å²) in [5, 5.41) is 0. The summed E-state index contributed by atoms with van der Waals surface area (Å²) in [4.78, 5) is 0. The van der Waals surface area contributed by atoms with Crippen LogP contribution in [0.3, 0.4) is 0 Å². The van der Waals surface area contributed by atoms with E-state index >= 15 is 0 Å². The summed E-state index contributed by atoms with van der Waals surface area (Å²) in [6.45, 7) is 0. The summed E-state index contributed by atoms with van der Waals surface area (Å²) in [6, 6.07) is 0. The van der Waals surface area contributed by atoms with Crippen LogP contribution in [0.5, 0.6) is 0 Å². The van der Waals surface area contributed by atoms with Crippen molar-refractivity contribution >= 4 is 23.9 Å². The van der Waals surface area contributed by atoms with Crippen LogP contribution >= 0.6 is 0 Å². The fourth-order valence-electron chi connectivity index (χ4n) is 0. The predicted octanol–water partition coefficient (Wildman–Crippen LogP) is -0.388. The van der Waals surface area contributed by atoms with Gasteiger partial charge in [0.25, 0.3) is 0 Å². The fraction of sp³-hybridized carbons (Fsp3) is 0. The van der Waals surface area contributed by atoms with Crippen LogP contribution in [-0.4, -0.2) is 23.9 Å². The van der Waals surface area contributed by atoms with Gasteiger partial charge in [-0.2, -0.15) is 0 Å². The Bertz CT molecular complexity index is 8.00. The van der Waals surface area contributed by atoms with E-state index < -0.39 is 0 Å². The first kappa shape index (κ1) is 28.8. The van der Waals surface area contributed by atoms with Crippen LogP contribution in [0.1, 0.15) is 0 Å². The monoisotopic (exact) mass is 361 g/mol. The molecule has 0 aromatic heterocycles. The third-order valence-electron chi connectivity index (χ3n) is 0. The molecule has 0 aliphatic rings. The van der Waals surface area contributed by atoms with Crippen LogP contribution in [-0.2, 0) is 63.8 Å². The molecule has 0 fully saturated rings. The third-order valence-corrected chi connectivity index (χ3v) is 0. The van der Waals surface area contributed by atoms with Crippen molar-refractivity contribution in [3.05, 3.63) is 0 Å². The maximum atomic E-state index is 0. The Hall–Kier alpha value is 2.86. The zero-order valence-corrected chi connectivity index (χ0v) is 13.0. The second-order valence-corrected chi connectivity index (χ2v) is 0. The summed E-state index contributed by atoms with van der Waals surface area (Å²) in [5.41, 5.74) is 0. The van der Waals surface area contributed by atoms with Crippen molar-refractivity contribution in [3.8, 4) is 0 Å². The second-order valence-electron chi connectivity index (χ2n) is 0. The van der Waals surface area contributed by atoms with Crippen LogP contribution in [0.25, 0.3) is 0 Å². The van der Waals surface area contributed by atoms with Crippen LogP contribution in [0, 0.1) is 0 Å². The molecule has 0 aliphatic heterocycles. The van der Waals surface area contributed by atoms with Crippen LogP contribution in [0.2, 0.25) is 0 Å². The van der Waals surface area contributed by atoms with E-state index in [4.69, 9.17) is 0 Å². The quantitative estimate of drug-likeness (QED) is 0.517. The molecule has 4 heteroatoms. The molecule has 4 heavy (non-hydrogen) atoms. The number of rotatable bonds is 0. The molecule has 0 aliphatic carbocycles. The standard InChI is InChI=1S/Cd.Cu.Sn.Zn. The molecule has 0 saturated carbocycles. The molecule has 0 spiro atoms. The Labute approximate surface area is 86.2 Å². The minimum atomic E-state index is 0. The molecule has 0 N–H and O–H groups in total. The molecule has 0 saturated heterocycles. The van der Waals surface area contributed by atoms with Crippen molar-refractivity contribution in [2.45, 2.75) is 0 Å². The summed E-state index contributed by atoms with van der Waals surface area (Å²) in [6.07, 6.45) is 0. The first-order valence-electron chi connectivity index (χ1n) is 0. The van der Waals surface area contributed by atoms with E-state index in [1.54, 1.807) is 0 Å². The molecule has 0 aromatic rings. The van der Waals surface area contributed by atoms with Gasteiger partial charge in [-0.15, -0.1) is 0 Å². The molecule has 0 unspecified atom stereocenters. The van der Waals surface area contributed by atoms with E-state index in [2.05, 4.69) is 0 Å². The zero-order valence-electron chi connectivity index (χ0n) is 2.22. The Morgan fingerprint density at radius 2 is 1.00 bits per heavy atom. The van der Waals surface area contributed by atoms with Gasteiger partial charge in [0.2, 0.25) is 0 Å². The maximum absolute atomic E-state index is 0. The van der Waals surface area contributed by atoms with Crippen molar-refractivity contribution < 1.29 is 63.8 Å². The minimum absolute atomic E-state index is 0. The Balaban J connectivity index is 0. The molecule has 0 atom stereocenters. The first-order chi connectivity index (χ1) is 0. The molecular formula is CdCuSnZn. The largest absolute Gasteiger partial charge is 0 e. The van der Waals surface area contributed by atoms with Crippen molar-refractivity contribution in [1.82, 2.24) is 0 Å². The Morgan fingerprint density at radius 1 is 1.00 bits per heavy atom. The summed E-state index contributed by atoms with van der Waals surface area (Å²) < 4.78 is 0. The number of hydrogen-bond acceptors (Lipinski definition) is 0. The van der Waals surface area contributed by atoms with Crippen LogP contribution in [0.4, 0.5) is 0 Å². The maximum Gasteiger partial charge on any atom is 0 e. The van der Waals surface area contributed by atoms with Gasteiger partial charge in [-0.1, -0.05) is 0 Å². The van der Waals surface area contributed by atoms with Gasteiger partial charge in [-0.05, 0) is 0 Å². The fourth-order valence-corrected chi connectivity index (χ4v) is 0. The van der Waals surface area contributed by atoms with E-state index in [9.17, 15) is 0 Å². The molecule has 0 rings (SSSR count). The van der Waals surface area contributed by atoms with E-state index in [-0.39, 0.29) is 87.8 Å². The third kappa shape index (κ3) is 8.85. The normalized spacial score (nSPS) is 0. The molecule has 0 amide bonds. The van der Waals surface area contributed by atoms with E-state index in [0.29, 0.717) is 0 Å². The average Bonchev–Trinajstić information content (AvgIpc) is 0. The molecule has 0 nitrogen and oxygen atoms in total. The zero-order chi connectivity index (χ0) is 0. The van der Waals surface area contributed by atoms with Crippen molar-refractivity contribution in [2.75, 3.05) is 0 Å². The second kappa shape index (κ2) is 16.9. The predicted molar refractivity (Wildman–Crippen MR) is 5.75 cm³/mol. The number of hydrogen-bond donors (Lipinski definition) is 0. The smallest absolute Gasteiger partial charge is 0 e. The van der Waals surface area contributed by atoms with E-state index in [1.807, 2.05) is 0 Å². The Morgan fingerprint density at radius 3 is 1.00 bits per heavy atom. The van der Waals surface area contributed by atoms with Gasteiger partial charge >= 0.3 is 0 Å². The molecule has 0 aromatic carbocycles. The topological polar surface area (TPSA) is 0 Å². The van der Waals surface area contributed by atoms with Crippen molar-refractivity contribution in [3.63, 3.8) is 0 Å². The SMILES string of the molecule is [Cd].[Cu].[Sn].[Zn].